The smallest absolute Gasteiger partial charge is 0.275 e. The van der Waals surface area contributed by atoms with Crippen LogP contribution in [0.5, 0.6) is 0 Å². The van der Waals surface area contributed by atoms with Crippen LogP contribution in [0.15, 0.2) is 18.2 Å². The average molecular weight is 262 g/mol. The van der Waals surface area contributed by atoms with Crippen molar-refractivity contribution in [1.29, 1.82) is 0 Å². The molecule has 1 amide bonds. The maximum atomic E-state index is 12.5. The highest BCUT2D eigenvalue weighted by Gasteiger charge is 2.22. The Balaban J connectivity index is 2.42. The number of aromatic amines is 1. The molecule has 102 valence electrons. The number of nitrogens with zero attached hydrogens (tertiary/aromatic N) is 2. The van der Waals surface area contributed by atoms with Gasteiger partial charge in [0.25, 0.3) is 5.91 Å². The van der Waals surface area contributed by atoms with Crippen LogP contribution in [0.4, 0.5) is 5.69 Å². The number of nitrogens with two attached hydrogens (primary N) is 1. The van der Waals surface area contributed by atoms with Gasteiger partial charge in [-0.15, -0.1) is 0 Å². The largest absolute Gasteiger partial charge is 0.399 e. The van der Waals surface area contributed by atoms with E-state index in [2.05, 4.69) is 10.2 Å². The number of hydrogen-bond acceptors (Lipinski definition) is 4. The van der Waals surface area contributed by atoms with Gasteiger partial charge in [0.05, 0.1) is 12.1 Å². The zero-order valence-electron chi connectivity index (χ0n) is 11.1. The van der Waals surface area contributed by atoms with Gasteiger partial charge in [-0.3, -0.25) is 9.89 Å². The van der Waals surface area contributed by atoms with Crippen molar-refractivity contribution in [3.8, 4) is 0 Å². The van der Waals surface area contributed by atoms with Crippen molar-refractivity contribution in [3.05, 3.63) is 23.9 Å². The lowest BCUT2D eigenvalue weighted by Gasteiger charge is -2.25. The van der Waals surface area contributed by atoms with Gasteiger partial charge >= 0.3 is 0 Å². The van der Waals surface area contributed by atoms with E-state index in [0.717, 1.165) is 5.52 Å². The number of aromatic nitrogens is 2. The average Bonchev–Trinajstić information content (AvgIpc) is 2.77. The lowest BCUT2D eigenvalue weighted by molar-refractivity contribution is 0.0661. The Morgan fingerprint density at radius 3 is 2.89 bits per heavy atom. The van der Waals surface area contributed by atoms with Crippen LogP contribution in [0.25, 0.3) is 10.9 Å². The number of benzene rings is 1. The second-order valence-electron chi connectivity index (χ2n) is 4.69. The summed E-state index contributed by atoms with van der Waals surface area (Å²) in [6.07, 6.45) is 0. The van der Waals surface area contributed by atoms with Crippen molar-refractivity contribution >= 4 is 22.5 Å². The summed E-state index contributed by atoms with van der Waals surface area (Å²) in [7, 11) is 0. The van der Waals surface area contributed by atoms with Crippen LogP contribution in [-0.2, 0) is 0 Å². The predicted molar refractivity (Wildman–Crippen MR) is 73.8 cm³/mol. The van der Waals surface area contributed by atoms with Crippen LogP contribution >= 0.6 is 0 Å². The number of aliphatic hydroxyl groups excluding tert-OH is 1. The number of nitrogen functional groups attached to an aromatic ring is 1. The molecule has 6 heteroatoms. The van der Waals surface area contributed by atoms with E-state index in [4.69, 9.17) is 10.8 Å². The van der Waals surface area contributed by atoms with Crippen LogP contribution in [-0.4, -0.2) is 45.3 Å². The van der Waals surface area contributed by atoms with E-state index in [-0.39, 0.29) is 25.1 Å². The molecule has 19 heavy (non-hydrogen) atoms. The van der Waals surface area contributed by atoms with E-state index in [1.807, 2.05) is 13.8 Å². The van der Waals surface area contributed by atoms with Gasteiger partial charge in [-0.1, -0.05) is 0 Å². The molecule has 6 nitrogen and oxygen atoms in total. The molecule has 1 heterocycles. The first-order chi connectivity index (χ1) is 9.04. The highest BCUT2D eigenvalue weighted by atomic mass is 16.3. The number of H-pyrrole nitrogens is 1. The molecule has 0 aliphatic heterocycles. The van der Waals surface area contributed by atoms with Crippen LogP contribution in [0, 0.1) is 0 Å². The number of carbonyl (C=O) groups excluding carboxylic acids is 1. The summed E-state index contributed by atoms with van der Waals surface area (Å²) in [6.45, 7) is 4.01. The molecule has 0 fully saturated rings. The van der Waals surface area contributed by atoms with Crippen molar-refractivity contribution < 1.29 is 9.90 Å². The molecular weight excluding hydrogens is 244 g/mol. The topological polar surface area (TPSA) is 95.2 Å². The Hall–Kier alpha value is -2.08. The normalized spacial score (nSPS) is 11.2. The van der Waals surface area contributed by atoms with E-state index in [1.165, 1.54) is 0 Å². The van der Waals surface area contributed by atoms with Gasteiger partial charge in [0, 0.05) is 23.7 Å². The molecule has 0 unspecified atom stereocenters. The van der Waals surface area contributed by atoms with Gasteiger partial charge in [-0.25, -0.2) is 0 Å². The lowest BCUT2D eigenvalue weighted by atomic mass is 10.1. The lowest BCUT2D eigenvalue weighted by Crippen LogP contribution is -2.39. The minimum Gasteiger partial charge on any atom is -0.399 e. The van der Waals surface area contributed by atoms with Crippen molar-refractivity contribution in [3.63, 3.8) is 0 Å². The summed E-state index contributed by atoms with van der Waals surface area (Å²) < 4.78 is 0. The van der Waals surface area contributed by atoms with E-state index in [0.29, 0.717) is 16.8 Å². The zero-order chi connectivity index (χ0) is 14.0. The first-order valence-corrected chi connectivity index (χ1v) is 6.20. The number of anilines is 1. The van der Waals surface area contributed by atoms with E-state index < -0.39 is 0 Å². The molecule has 1 aromatic heterocycles. The summed E-state index contributed by atoms with van der Waals surface area (Å²) >= 11 is 0. The molecule has 0 saturated carbocycles. The molecule has 0 radical (unpaired) electrons. The Kier molecular flexibility index (Phi) is 3.71. The molecule has 0 spiro atoms. The monoisotopic (exact) mass is 262 g/mol. The fourth-order valence-electron chi connectivity index (χ4n) is 2.03. The van der Waals surface area contributed by atoms with Gasteiger partial charge in [0.15, 0.2) is 5.69 Å². The minimum absolute atomic E-state index is 0.00698. The van der Waals surface area contributed by atoms with Crippen LogP contribution in [0.1, 0.15) is 24.3 Å². The van der Waals surface area contributed by atoms with Crippen molar-refractivity contribution in [2.24, 2.45) is 0 Å². The molecule has 0 bridgehead atoms. The summed E-state index contributed by atoms with van der Waals surface area (Å²) in [5.74, 6) is -0.207. The summed E-state index contributed by atoms with van der Waals surface area (Å²) in [5.41, 5.74) is 7.43. The fraction of sp³-hybridized carbons (Fsp3) is 0.385. The van der Waals surface area contributed by atoms with Gasteiger partial charge in [0.1, 0.15) is 0 Å². The number of nitrogens with one attached hydrogen (secondary N) is 1. The quantitative estimate of drug-likeness (QED) is 0.716. The zero-order valence-corrected chi connectivity index (χ0v) is 11.1. The third kappa shape index (κ3) is 2.53. The molecule has 0 aliphatic carbocycles. The highest BCUT2D eigenvalue weighted by Crippen LogP contribution is 2.20. The Morgan fingerprint density at radius 2 is 2.26 bits per heavy atom. The Morgan fingerprint density at radius 1 is 1.53 bits per heavy atom. The molecule has 2 rings (SSSR count). The fourth-order valence-corrected chi connectivity index (χ4v) is 2.03. The molecular formula is C13H18N4O2. The van der Waals surface area contributed by atoms with Crippen molar-refractivity contribution in [2.45, 2.75) is 19.9 Å². The minimum atomic E-state index is -0.207. The van der Waals surface area contributed by atoms with E-state index >= 15 is 0 Å². The van der Waals surface area contributed by atoms with Crippen molar-refractivity contribution in [2.75, 3.05) is 18.9 Å². The number of fused-ring (bicyclic) bond motifs is 1. The second-order valence-corrected chi connectivity index (χ2v) is 4.69. The molecule has 2 aromatic rings. The number of amides is 1. The maximum Gasteiger partial charge on any atom is 0.275 e. The van der Waals surface area contributed by atoms with E-state index in [1.54, 1.807) is 23.1 Å². The standard InChI is InChI=1S/C13H18N4O2/c1-8(2)17(5-6-18)13(19)12-10-7-9(14)3-4-11(10)15-16-12/h3-4,7-8,18H,5-6,14H2,1-2H3,(H,15,16). The summed E-state index contributed by atoms with van der Waals surface area (Å²) in [5, 5.41) is 16.6. The van der Waals surface area contributed by atoms with Crippen LogP contribution < -0.4 is 5.73 Å². The van der Waals surface area contributed by atoms with Gasteiger partial charge in [-0.2, -0.15) is 5.10 Å². The number of rotatable bonds is 4. The first kappa shape index (κ1) is 13.4. The van der Waals surface area contributed by atoms with Gasteiger partial charge in [-0.05, 0) is 32.0 Å². The Bertz CT molecular complexity index is 591. The number of hydrogen-bond donors (Lipinski definition) is 3. The summed E-state index contributed by atoms with van der Waals surface area (Å²) in [6, 6.07) is 5.26. The highest BCUT2D eigenvalue weighted by molar-refractivity contribution is 6.05. The second kappa shape index (κ2) is 5.27. The SMILES string of the molecule is CC(C)N(CCO)C(=O)c1n[nH]c2ccc(N)cc12. The first-order valence-electron chi connectivity index (χ1n) is 6.20. The van der Waals surface area contributed by atoms with Crippen LogP contribution in [0.3, 0.4) is 0 Å². The van der Waals surface area contributed by atoms with Crippen molar-refractivity contribution in [1.82, 2.24) is 15.1 Å². The maximum absolute atomic E-state index is 12.5. The van der Waals surface area contributed by atoms with Gasteiger partial charge in [0.2, 0.25) is 0 Å². The van der Waals surface area contributed by atoms with E-state index in [9.17, 15) is 4.79 Å². The van der Waals surface area contributed by atoms with Crippen LogP contribution in [0.2, 0.25) is 0 Å². The molecule has 1 aromatic carbocycles. The molecule has 0 aliphatic rings. The molecule has 4 N–H and O–H groups in total. The molecule has 0 atom stereocenters. The number of carbonyl (C=O) groups is 1. The Labute approximate surface area is 111 Å². The summed E-state index contributed by atoms with van der Waals surface area (Å²) in [4.78, 5) is 14.0. The number of aliphatic hydroxyl groups is 1. The third-order valence-corrected chi connectivity index (χ3v) is 3.01. The third-order valence-electron chi connectivity index (χ3n) is 3.01. The molecule has 0 saturated heterocycles. The predicted octanol–water partition coefficient (Wildman–Crippen LogP) is 0.988. The van der Waals surface area contributed by atoms with Gasteiger partial charge < -0.3 is 15.7 Å².